The van der Waals surface area contributed by atoms with Crippen LogP contribution in [0.2, 0.25) is 0 Å². The van der Waals surface area contributed by atoms with Crippen LogP contribution in [0.3, 0.4) is 0 Å². The van der Waals surface area contributed by atoms with Crippen LogP contribution in [-0.2, 0) is 6.54 Å². The van der Waals surface area contributed by atoms with Crippen LogP contribution in [-0.4, -0.2) is 12.7 Å². The average molecular weight is 297 g/mol. The SMILES string of the molecule is CC(C)Oc1ccc(CNC2CCOc3ccccc32)cc1. The summed E-state index contributed by atoms with van der Waals surface area (Å²) in [5.74, 6) is 1.93. The highest BCUT2D eigenvalue weighted by Crippen LogP contribution is 2.31. The van der Waals surface area contributed by atoms with Crippen molar-refractivity contribution >= 4 is 0 Å². The molecule has 2 aromatic carbocycles. The van der Waals surface area contributed by atoms with E-state index in [1.807, 2.05) is 38.1 Å². The second-order valence-corrected chi connectivity index (χ2v) is 5.92. The van der Waals surface area contributed by atoms with E-state index in [1.54, 1.807) is 0 Å². The van der Waals surface area contributed by atoms with E-state index in [-0.39, 0.29) is 6.10 Å². The minimum absolute atomic E-state index is 0.211. The molecule has 0 aliphatic carbocycles. The van der Waals surface area contributed by atoms with Crippen LogP contribution >= 0.6 is 0 Å². The minimum atomic E-state index is 0.211. The number of para-hydroxylation sites is 1. The maximum absolute atomic E-state index is 5.70. The number of hydrogen-bond donors (Lipinski definition) is 1. The molecular formula is C19H23NO2. The fraction of sp³-hybridized carbons (Fsp3) is 0.368. The summed E-state index contributed by atoms with van der Waals surface area (Å²) in [6, 6.07) is 17.0. The predicted molar refractivity (Wildman–Crippen MR) is 88.3 cm³/mol. The highest BCUT2D eigenvalue weighted by molar-refractivity contribution is 5.37. The van der Waals surface area contributed by atoms with Crippen LogP contribution in [0, 0.1) is 0 Å². The average Bonchev–Trinajstić information content (AvgIpc) is 2.54. The van der Waals surface area contributed by atoms with Gasteiger partial charge in [-0.15, -0.1) is 0 Å². The predicted octanol–water partition coefficient (Wildman–Crippen LogP) is 4.09. The molecule has 22 heavy (non-hydrogen) atoms. The van der Waals surface area contributed by atoms with Gasteiger partial charge >= 0.3 is 0 Å². The highest BCUT2D eigenvalue weighted by Gasteiger charge is 2.20. The summed E-state index contributed by atoms with van der Waals surface area (Å²) in [5, 5.41) is 3.63. The Morgan fingerprint density at radius 2 is 1.91 bits per heavy atom. The van der Waals surface area contributed by atoms with E-state index in [0.717, 1.165) is 31.1 Å². The lowest BCUT2D eigenvalue weighted by molar-refractivity contribution is 0.242. The molecule has 1 atom stereocenters. The lowest BCUT2D eigenvalue weighted by Gasteiger charge is -2.26. The molecule has 0 radical (unpaired) electrons. The van der Waals surface area contributed by atoms with E-state index in [1.165, 1.54) is 11.1 Å². The molecular weight excluding hydrogens is 274 g/mol. The summed E-state index contributed by atoms with van der Waals surface area (Å²) in [5.41, 5.74) is 2.52. The van der Waals surface area contributed by atoms with Gasteiger partial charge in [-0.2, -0.15) is 0 Å². The molecule has 1 aliphatic heterocycles. The topological polar surface area (TPSA) is 30.5 Å². The molecule has 3 rings (SSSR count). The molecule has 1 aliphatic rings. The van der Waals surface area contributed by atoms with Crippen molar-refractivity contribution in [3.05, 3.63) is 59.7 Å². The molecule has 3 nitrogen and oxygen atoms in total. The first-order valence-corrected chi connectivity index (χ1v) is 7.93. The number of rotatable bonds is 5. The lowest BCUT2D eigenvalue weighted by atomic mass is 10.0. The summed E-state index contributed by atoms with van der Waals surface area (Å²) in [7, 11) is 0. The Hall–Kier alpha value is -2.00. The third-order valence-corrected chi connectivity index (χ3v) is 3.81. The van der Waals surface area contributed by atoms with Crippen molar-refractivity contribution in [1.82, 2.24) is 5.32 Å². The summed E-state index contributed by atoms with van der Waals surface area (Å²) in [4.78, 5) is 0. The van der Waals surface area contributed by atoms with Gasteiger partial charge < -0.3 is 14.8 Å². The first-order valence-electron chi connectivity index (χ1n) is 7.93. The molecule has 0 bridgehead atoms. The van der Waals surface area contributed by atoms with Crippen molar-refractivity contribution in [3.63, 3.8) is 0 Å². The van der Waals surface area contributed by atoms with E-state index < -0.39 is 0 Å². The number of fused-ring (bicyclic) bond motifs is 1. The van der Waals surface area contributed by atoms with Gasteiger partial charge in [0.2, 0.25) is 0 Å². The quantitative estimate of drug-likeness (QED) is 0.901. The minimum Gasteiger partial charge on any atom is -0.493 e. The summed E-state index contributed by atoms with van der Waals surface area (Å²) >= 11 is 0. The Morgan fingerprint density at radius 1 is 1.14 bits per heavy atom. The molecule has 0 amide bonds. The van der Waals surface area contributed by atoms with Gasteiger partial charge in [-0.1, -0.05) is 30.3 Å². The van der Waals surface area contributed by atoms with Crippen LogP contribution in [0.1, 0.15) is 37.4 Å². The van der Waals surface area contributed by atoms with Crippen LogP contribution in [0.5, 0.6) is 11.5 Å². The first kappa shape index (κ1) is 14.9. The molecule has 1 unspecified atom stereocenters. The summed E-state index contributed by atoms with van der Waals surface area (Å²) in [6.07, 6.45) is 1.22. The van der Waals surface area contributed by atoms with Crippen molar-refractivity contribution in [2.45, 2.75) is 39.0 Å². The molecule has 0 fully saturated rings. The zero-order valence-electron chi connectivity index (χ0n) is 13.2. The van der Waals surface area contributed by atoms with Crippen molar-refractivity contribution in [1.29, 1.82) is 0 Å². The number of nitrogens with one attached hydrogen (secondary N) is 1. The molecule has 2 aromatic rings. The van der Waals surface area contributed by atoms with Crippen molar-refractivity contribution in [3.8, 4) is 11.5 Å². The molecule has 1 N–H and O–H groups in total. The Morgan fingerprint density at radius 3 is 2.68 bits per heavy atom. The maximum Gasteiger partial charge on any atom is 0.124 e. The fourth-order valence-corrected chi connectivity index (χ4v) is 2.75. The van der Waals surface area contributed by atoms with Crippen LogP contribution in [0.4, 0.5) is 0 Å². The lowest BCUT2D eigenvalue weighted by Crippen LogP contribution is -2.26. The molecule has 0 aromatic heterocycles. The van der Waals surface area contributed by atoms with Gasteiger partial charge in [-0.3, -0.25) is 0 Å². The Kier molecular flexibility index (Phi) is 4.64. The zero-order chi connectivity index (χ0) is 15.4. The van der Waals surface area contributed by atoms with Crippen LogP contribution < -0.4 is 14.8 Å². The molecule has 1 heterocycles. The van der Waals surface area contributed by atoms with E-state index >= 15 is 0 Å². The Balaban J connectivity index is 1.61. The van der Waals surface area contributed by atoms with Gasteiger partial charge in [0.15, 0.2) is 0 Å². The normalized spacial score (nSPS) is 17.0. The second kappa shape index (κ2) is 6.84. The molecule has 116 valence electrons. The highest BCUT2D eigenvalue weighted by atomic mass is 16.5. The monoisotopic (exact) mass is 297 g/mol. The largest absolute Gasteiger partial charge is 0.493 e. The van der Waals surface area contributed by atoms with Gasteiger partial charge in [0.25, 0.3) is 0 Å². The van der Waals surface area contributed by atoms with Gasteiger partial charge in [0, 0.05) is 24.6 Å². The number of hydrogen-bond acceptors (Lipinski definition) is 3. The van der Waals surface area contributed by atoms with E-state index in [4.69, 9.17) is 9.47 Å². The first-order chi connectivity index (χ1) is 10.7. The van der Waals surface area contributed by atoms with Gasteiger partial charge in [-0.25, -0.2) is 0 Å². The molecule has 0 spiro atoms. The van der Waals surface area contributed by atoms with Gasteiger partial charge in [-0.05, 0) is 37.6 Å². The maximum atomic E-state index is 5.70. The Bertz CT molecular complexity index is 607. The van der Waals surface area contributed by atoms with E-state index in [9.17, 15) is 0 Å². The van der Waals surface area contributed by atoms with Gasteiger partial charge in [0.05, 0.1) is 12.7 Å². The molecule has 0 saturated carbocycles. The molecule has 0 saturated heterocycles. The smallest absolute Gasteiger partial charge is 0.124 e. The van der Waals surface area contributed by atoms with Crippen LogP contribution in [0.25, 0.3) is 0 Å². The third-order valence-electron chi connectivity index (χ3n) is 3.81. The van der Waals surface area contributed by atoms with Gasteiger partial charge in [0.1, 0.15) is 11.5 Å². The fourth-order valence-electron chi connectivity index (χ4n) is 2.75. The third kappa shape index (κ3) is 3.60. The molecule has 3 heteroatoms. The van der Waals surface area contributed by atoms with E-state index in [0.29, 0.717) is 6.04 Å². The standard InChI is InChI=1S/C19H23NO2/c1-14(2)22-16-9-7-15(8-10-16)13-20-18-11-12-21-19-6-4-3-5-17(18)19/h3-10,14,18,20H,11-13H2,1-2H3. The van der Waals surface area contributed by atoms with Crippen LogP contribution in [0.15, 0.2) is 48.5 Å². The van der Waals surface area contributed by atoms with E-state index in [2.05, 4.69) is 29.6 Å². The number of benzene rings is 2. The zero-order valence-corrected chi connectivity index (χ0v) is 13.2. The van der Waals surface area contributed by atoms with Crippen molar-refractivity contribution in [2.75, 3.05) is 6.61 Å². The second-order valence-electron chi connectivity index (χ2n) is 5.92. The summed E-state index contributed by atoms with van der Waals surface area (Å²) < 4.78 is 11.4. The van der Waals surface area contributed by atoms with Crippen molar-refractivity contribution < 1.29 is 9.47 Å². The van der Waals surface area contributed by atoms with Crippen molar-refractivity contribution in [2.24, 2.45) is 0 Å². The summed E-state index contributed by atoms with van der Waals surface area (Å²) in [6.45, 7) is 5.70. The Labute approximate surface area is 132 Å². The number of ether oxygens (including phenoxy) is 2.